The van der Waals surface area contributed by atoms with Crippen LogP contribution in [0.15, 0.2) is 29.2 Å². The molecule has 1 aliphatic carbocycles. The minimum Gasteiger partial charge on any atom is -0.446 e. The van der Waals surface area contributed by atoms with Gasteiger partial charge < -0.3 is 24.8 Å². The number of piperazine rings is 1. The molecule has 3 aliphatic rings. The molecule has 16 heteroatoms. The van der Waals surface area contributed by atoms with Gasteiger partial charge in [0.1, 0.15) is 17.6 Å². The van der Waals surface area contributed by atoms with E-state index in [1.54, 1.807) is 4.90 Å². The first-order chi connectivity index (χ1) is 21.4. The molecule has 1 aromatic carbocycles. The molecule has 0 spiro atoms. The van der Waals surface area contributed by atoms with Crippen molar-refractivity contribution in [2.24, 2.45) is 0 Å². The second-order valence-electron chi connectivity index (χ2n) is 12.0. The molecule has 0 radical (unpaired) electrons. The third-order valence-electron chi connectivity index (χ3n) is 8.66. The molecule has 2 fully saturated rings. The molecule has 2 aliphatic heterocycles. The predicted octanol–water partition coefficient (Wildman–Crippen LogP) is 5.48. The second kappa shape index (κ2) is 12.3. The summed E-state index contributed by atoms with van der Waals surface area (Å²) in [7, 11) is 1.87. The number of rotatable bonds is 5. The van der Waals surface area contributed by atoms with E-state index >= 15 is 8.78 Å². The van der Waals surface area contributed by atoms with Gasteiger partial charge in [-0.05, 0) is 32.9 Å². The fourth-order valence-electron chi connectivity index (χ4n) is 5.93. The minimum atomic E-state index is -5.10. The maximum absolute atomic E-state index is 16.5. The largest absolute Gasteiger partial charge is 0.446 e. The van der Waals surface area contributed by atoms with Crippen LogP contribution >= 0.6 is 0 Å². The smallest absolute Gasteiger partial charge is 0.417 e. The Labute approximate surface area is 259 Å². The van der Waals surface area contributed by atoms with E-state index in [-0.39, 0.29) is 62.0 Å². The number of aromatic nitrogens is 1. The monoisotopic (exact) mass is 659 g/mol. The summed E-state index contributed by atoms with van der Waals surface area (Å²) >= 11 is 0. The SMILES string of the molecule is CC1CN(c2cc(F)c(C3=CCCN(C(=O)OC4CC(F)(F)C4)C3)c(F)c2NC(=O)c2c[nH]c(=O)cc2C(F)(F)F)CC(C)N1C. The number of benzene rings is 1. The van der Waals surface area contributed by atoms with Crippen LogP contribution in [0.2, 0.25) is 0 Å². The summed E-state index contributed by atoms with van der Waals surface area (Å²) in [6, 6.07) is 0.970. The number of anilines is 2. The van der Waals surface area contributed by atoms with Crippen LogP contribution in [-0.2, 0) is 10.9 Å². The van der Waals surface area contributed by atoms with Crippen molar-refractivity contribution < 1.29 is 45.1 Å². The number of nitrogens with zero attached hydrogens (tertiary/aromatic N) is 3. The topological polar surface area (TPSA) is 98.0 Å². The first kappa shape index (κ1) is 33.3. The molecular formula is C30H32F7N5O4. The van der Waals surface area contributed by atoms with Crippen molar-refractivity contribution in [1.82, 2.24) is 14.8 Å². The molecule has 2 amide bonds. The first-order valence-corrected chi connectivity index (χ1v) is 14.6. The van der Waals surface area contributed by atoms with Gasteiger partial charge in [0.05, 0.1) is 22.4 Å². The zero-order valence-corrected chi connectivity index (χ0v) is 25.1. The molecule has 2 unspecified atom stereocenters. The normalized spacial score (nSPS) is 22.3. The van der Waals surface area contributed by atoms with Crippen molar-refractivity contribution in [3.8, 4) is 0 Å². The Bertz CT molecular complexity index is 1610. The van der Waals surface area contributed by atoms with Crippen molar-refractivity contribution in [3.63, 3.8) is 0 Å². The Morgan fingerprint density at radius 2 is 1.74 bits per heavy atom. The maximum Gasteiger partial charge on any atom is 0.417 e. The van der Waals surface area contributed by atoms with E-state index < -0.39 is 82.6 Å². The van der Waals surface area contributed by atoms with E-state index in [0.29, 0.717) is 6.20 Å². The summed E-state index contributed by atoms with van der Waals surface area (Å²) in [5.41, 5.74) is -5.00. The fourth-order valence-corrected chi connectivity index (χ4v) is 5.93. The van der Waals surface area contributed by atoms with Crippen LogP contribution < -0.4 is 15.8 Å². The molecule has 1 saturated carbocycles. The summed E-state index contributed by atoms with van der Waals surface area (Å²) in [4.78, 5) is 44.4. The molecule has 2 atom stereocenters. The van der Waals surface area contributed by atoms with Gasteiger partial charge in [-0.2, -0.15) is 13.2 Å². The van der Waals surface area contributed by atoms with Crippen LogP contribution in [0.1, 0.15) is 54.6 Å². The van der Waals surface area contributed by atoms with Crippen LogP contribution in [0.4, 0.5) is 46.9 Å². The summed E-state index contributed by atoms with van der Waals surface area (Å²) in [6.07, 6.45) is -6.11. The minimum absolute atomic E-state index is 0.0145. The quantitative estimate of drug-likeness (QED) is 0.413. The lowest BCUT2D eigenvalue weighted by atomic mass is 9.91. The molecule has 250 valence electrons. The highest BCUT2D eigenvalue weighted by molar-refractivity contribution is 6.07. The number of ether oxygens (including phenoxy) is 1. The third-order valence-corrected chi connectivity index (χ3v) is 8.66. The van der Waals surface area contributed by atoms with Crippen molar-refractivity contribution in [2.75, 3.05) is 43.4 Å². The number of amides is 2. The highest BCUT2D eigenvalue weighted by atomic mass is 19.4. The average molecular weight is 660 g/mol. The zero-order chi connectivity index (χ0) is 33.7. The standard InChI is InChI=1S/C30H32F7N5O4/c1-15-12-42(13-16(2)40(15)3)22-8-21(31)24(17-5-4-6-41(14-17)28(45)46-18-9-29(33,34)10-18)25(32)26(22)39-27(44)19-11-38-23(43)7-20(19)30(35,36)37/h5,7-8,11,15-16,18H,4,6,9-10,12-14H2,1-3H3,(H,38,43)(H,39,44). The number of carbonyl (C=O) groups excluding carboxylic acids is 2. The van der Waals surface area contributed by atoms with E-state index in [0.717, 1.165) is 11.0 Å². The van der Waals surface area contributed by atoms with Gasteiger partial charge in [-0.25, -0.2) is 22.4 Å². The van der Waals surface area contributed by atoms with Crippen LogP contribution in [0, 0.1) is 11.6 Å². The van der Waals surface area contributed by atoms with Crippen LogP contribution in [-0.4, -0.2) is 84.1 Å². The molecule has 3 heterocycles. The van der Waals surface area contributed by atoms with Crippen molar-refractivity contribution in [3.05, 3.63) is 63.1 Å². The van der Waals surface area contributed by atoms with Crippen molar-refractivity contribution in [1.29, 1.82) is 0 Å². The second-order valence-corrected chi connectivity index (χ2v) is 12.0. The zero-order valence-electron chi connectivity index (χ0n) is 25.1. The Hall–Kier alpha value is -4.08. The molecule has 1 aromatic heterocycles. The highest BCUT2D eigenvalue weighted by Crippen LogP contribution is 2.41. The van der Waals surface area contributed by atoms with Crippen molar-refractivity contribution >= 4 is 28.9 Å². The highest BCUT2D eigenvalue weighted by Gasteiger charge is 2.48. The van der Waals surface area contributed by atoms with Gasteiger partial charge in [-0.3, -0.25) is 14.5 Å². The summed E-state index contributed by atoms with van der Waals surface area (Å²) < 4.78 is 105. The van der Waals surface area contributed by atoms with Crippen LogP contribution in [0.3, 0.4) is 0 Å². The number of H-pyrrole nitrogens is 1. The Balaban J connectivity index is 1.52. The van der Waals surface area contributed by atoms with E-state index in [4.69, 9.17) is 4.74 Å². The molecule has 9 nitrogen and oxygen atoms in total. The lowest BCUT2D eigenvalue weighted by molar-refractivity contribution is -0.147. The van der Waals surface area contributed by atoms with Crippen LogP contribution in [0.5, 0.6) is 0 Å². The van der Waals surface area contributed by atoms with Gasteiger partial charge in [0.15, 0.2) is 5.82 Å². The van der Waals surface area contributed by atoms with Gasteiger partial charge >= 0.3 is 12.3 Å². The predicted molar refractivity (Wildman–Crippen MR) is 154 cm³/mol. The van der Waals surface area contributed by atoms with Gasteiger partial charge in [-0.1, -0.05) is 6.08 Å². The summed E-state index contributed by atoms with van der Waals surface area (Å²) in [5.74, 6) is -6.68. The van der Waals surface area contributed by atoms with Gasteiger partial charge in [0.25, 0.3) is 11.8 Å². The molecule has 5 rings (SSSR count). The van der Waals surface area contributed by atoms with Gasteiger partial charge in [-0.15, -0.1) is 0 Å². The van der Waals surface area contributed by atoms with Crippen molar-refractivity contribution in [2.45, 2.75) is 63.4 Å². The van der Waals surface area contributed by atoms with Gasteiger partial charge in [0.2, 0.25) is 5.56 Å². The fraction of sp³-hybridized carbons (Fsp3) is 0.500. The van der Waals surface area contributed by atoms with Crippen LogP contribution in [0.25, 0.3) is 5.57 Å². The number of nitrogens with one attached hydrogen (secondary N) is 2. The lowest BCUT2D eigenvalue weighted by Crippen LogP contribution is -2.55. The first-order valence-electron chi connectivity index (χ1n) is 14.6. The molecule has 2 aromatic rings. The van der Waals surface area contributed by atoms with E-state index in [2.05, 4.69) is 5.32 Å². The number of halogens is 7. The number of hydrogen-bond acceptors (Lipinski definition) is 6. The summed E-state index contributed by atoms with van der Waals surface area (Å²) in [6.45, 7) is 4.00. The molecule has 2 N–H and O–H groups in total. The Morgan fingerprint density at radius 3 is 2.35 bits per heavy atom. The number of pyridine rings is 1. The Morgan fingerprint density at radius 1 is 1.09 bits per heavy atom. The van der Waals surface area contributed by atoms with E-state index in [1.807, 2.05) is 30.8 Å². The Kier molecular flexibility index (Phi) is 8.87. The third kappa shape index (κ3) is 6.71. The maximum atomic E-state index is 16.5. The molecule has 0 bridgehead atoms. The van der Waals surface area contributed by atoms with E-state index in [1.165, 1.54) is 6.08 Å². The number of hydrogen-bond donors (Lipinski definition) is 2. The number of carbonyl (C=O) groups is 2. The molecule has 1 saturated heterocycles. The molecule has 46 heavy (non-hydrogen) atoms. The number of aromatic amines is 1. The van der Waals surface area contributed by atoms with E-state index in [9.17, 15) is 36.3 Å². The number of likely N-dealkylation sites (N-methyl/N-ethyl adjacent to an activating group) is 1. The lowest BCUT2D eigenvalue weighted by Gasteiger charge is -2.44. The average Bonchev–Trinajstić information content (AvgIpc) is 2.95. The van der Waals surface area contributed by atoms with Gasteiger partial charge in [0, 0.05) is 69.4 Å². The number of alkyl halides is 5. The molecular weight excluding hydrogens is 627 g/mol. The summed E-state index contributed by atoms with van der Waals surface area (Å²) in [5, 5.41) is 2.19.